The maximum absolute atomic E-state index is 13.0. The Morgan fingerprint density at radius 2 is 1.95 bits per heavy atom. The van der Waals surface area contributed by atoms with Crippen molar-refractivity contribution >= 4 is 22.9 Å². The van der Waals surface area contributed by atoms with Gasteiger partial charge in [0.1, 0.15) is 17.9 Å². The van der Waals surface area contributed by atoms with Gasteiger partial charge in [-0.25, -0.2) is 4.98 Å². The topological polar surface area (TPSA) is 140 Å². The molecule has 2 N–H and O–H groups in total. The van der Waals surface area contributed by atoms with Crippen LogP contribution in [0.25, 0.3) is 11.0 Å². The number of alkyl halides is 3. The van der Waals surface area contributed by atoms with Crippen LogP contribution < -0.4 is 19.7 Å². The van der Waals surface area contributed by atoms with Gasteiger partial charge in [0.05, 0.1) is 24.8 Å². The highest BCUT2D eigenvalue weighted by molar-refractivity contribution is 5.91. The second-order valence-electron chi connectivity index (χ2n) is 8.97. The van der Waals surface area contributed by atoms with E-state index in [1.165, 1.54) is 7.11 Å². The van der Waals surface area contributed by atoms with E-state index in [2.05, 4.69) is 30.1 Å². The molecule has 0 bridgehead atoms. The molecule has 1 aliphatic rings. The van der Waals surface area contributed by atoms with Crippen molar-refractivity contribution in [1.82, 2.24) is 35.5 Å². The summed E-state index contributed by atoms with van der Waals surface area (Å²) >= 11 is 0. The molecule has 0 aromatic carbocycles. The number of carbonyl (C=O) groups is 1. The summed E-state index contributed by atoms with van der Waals surface area (Å²) in [6.45, 7) is 3.76. The van der Waals surface area contributed by atoms with Gasteiger partial charge < -0.3 is 24.4 Å². The minimum atomic E-state index is -4.62. The monoisotopic (exact) mass is 538 g/mol. The Kier molecular flexibility index (Phi) is 8.14. The summed E-state index contributed by atoms with van der Waals surface area (Å²) in [6, 6.07) is -0.488. The molecule has 3 aromatic heterocycles. The summed E-state index contributed by atoms with van der Waals surface area (Å²) in [5.74, 6) is -0.654. The molecule has 0 unspecified atom stereocenters. The van der Waals surface area contributed by atoms with Gasteiger partial charge in [-0.1, -0.05) is 0 Å². The number of aromatic nitrogens is 6. The first-order chi connectivity index (χ1) is 18.1. The van der Waals surface area contributed by atoms with Crippen LogP contribution in [0.3, 0.4) is 0 Å². The molecule has 4 rings (SSSR count). The van der Waals surface area contributed by atoms with E-state index in [0.29, 0.717) is 37.3 Å². The van der Waals surface area contributed by atoms with Crippen LogP contribution in [-0.4, -0.2) is 88.3 Å². The van der Waals surface area contributed by atoms with Crippen LogP contribution in [0.5, 0.6) is 11.8 Å². The number of hydrogen-bond donors (Lipinski definition) is 2. The zero-order chi connectivity index (χ0) is 27.4. The number of anilines is 1. The Morgan fingerprint density at radius 1 is 1.21 bits per heavy atom. The first-order valence-corrected chi connectivity index (χ1v) is 12.0. The minimum Gasteiger partial charge on any atom is -0.496 e. The lowest BCUT2D eigenvalue weighted by Crippen LogP contribution is -2.44. The number of nitrogens with one attached hydrogen (secondary N) is 2. The molecule has 0 saturated carbocycles. The molecular formula is C23H29F3N8O4. The third-order valence-corrected chi connectivity index (χ3v) is 6.19. The van der Waals surface area contributed by atoms with Gasteiger partial charge >= 0.3 is 12.2 Å². The number of nitrogens with zero attached hydrogens (tertiary/aromatic N) is 6. The standard InChI is InChI=1S/C23H29F3N8O4/c1-12(11-36-3)38-22-30-19(20(35)28-13(2)23(24,25)26)29-21(31-22)34-9-6-14(7-10-34)17-16-15(37-4)5-8-27-18(16)33-32-17/h5,8,12-14H,6-7,9-11H2,1-4H3,(H,28,35)(H,27,32,33)/t12-,13+/m1/s1. The van der Waals surface area contributed by atoms with Crippen molar-refractivity contribution in [3.05, 3.63) is 23.8 Å². The number of aromatic amines is 1. The molecule has 1 amide bonds. The predicted molar refractivity (Wildman–Crippen MR) is 129 cm³/mol. The van der Waals surface area contributed by atoms with Crippen molar-refractivity contribution < 1.29 is 32.2 Å². The zero-order valence-corrected chi connectivity index (χ0v) is 21.4. The van der Waals surface area contributed by atoms with Gasteiger partial charge in [-0.15, -0.1) is 0 Å². The van der Waals surface area contributed by atoms with Crippen molar-refractivity contribution in [2.45, 2.75) is 50.9 Å². The number of amides is 1. The molecule has 15 heteroatoms. The number of hydrogen-bond acceptors (Lipinski definition) is 10. The van der Waals surface area contributed by atoms with Gasteiger partial charge in [0.15, 0.2) is 5.65 Å². The maximum Gasteiger partial charge on any atom is 0.408 e. The lowest BCUT2D eigenvalue weighted by Gasteiger charge is -2.31. The molecule has 0 spiro atoms. The molecule has 206 valence electrons. The van der Waals surface area contributed by atoms with Gasteiger partial charge in [0.2, 0.25) is 11.8 Å². The fourth-order valence-electron chi connectivity index (χ4n) is 4.20. The number of ether oxygens (including phenoxy) is 3. The van der Waals surface area contributed by atoms with Crippen molar-refractivity contribution in [3.63, 3.8) is 0 Å². The fraction of sp³-hybridized carbons (Fsp3) is 0.565. The van der Waals surface area contributed by atoms with Gasteiger partial charge in [-0.05, 0) is 32.8 Å². The SMILES string of the molecule is COC[C@@H](C)Oc1nc(C(=O)N[C@@H](C)C(F)(F)F)nc(N2CCC(c3n[nH]c4nccc(OC)c34)CC2)n1. The average molecular weight is 539 g/mol. The molecule has 4 heterocycles. The predicted octanol–water partition coefficient (Wildman–Crippen LogP) is 2.63. The first kappa shape index (κ1) is 27.3. The second kappa shape index (κ2) is 11.3. The highest BCUT2D eigenvalue weighted by Gasteiger charge is 2.38. The molecule has 12 nitrogen and oxygen atoms in total. The third-order valence-electron chi connectivity index (χ3n) is 6.19. The molecule has 2 atom stereocenters. The molecule has 1 aliphatic heterocycles. The molecule has 3 aromatic rings. The number of pyridine rings is 1. The van der Waals surface area contributed by atoms with Crippen LogP contribution in [0.1, 0.15) is 48.9 Å². The second-order valence-corrected chi connectivity index (χ2v) is 8.97. The Morgan fingerprint density at radius 3 is 2.61 bits per heavy atom. The van der Waals surface area contributed by atoms with E-state index in [9.17, 15) is 18.0 Å². The summed E-state index contributed by atoms with van der Waals surface area (Å²) in [7, 11) is 3.08. The van der Waals surface area contributed by atoms with Crippen LogP contribution in [0.2, 0.25) is 0 Å². The lowest BCUT2D eigenvalue weighted by atomic mass is 9.92. The summed E-state index contributed by atoms with van der Waals surface area (Å²) in [4.78, 5) is 31.2. The Labute approximate surface area is 216 Å². The van der Waals surface area contributed by atoms with Crippen LogP contribution in [-0.2, 0) is 4.74 Å². The van der Waals surface area contributed by atoms with Gasteiger partial charge in [-0.2, -0.15) is 33.2 Å². The average Bonchev–Trinajstić information content (AvgIpc) is 3.32. The van der Waals surface area contributed by atoms with Crippen LogP contribution in [0.4, 0.5) is 19.1 Å². The van der Waals surface area contributed by atoms with E-state index in [0.717, 1.165) is 18.0 Å². The minimum absolute atomic E-state index is 0.0905. The third kappa shape index (κ3) is 6.03. The van der Waals surface area contributed by atoms with E-state index in [-0.39, 0.29) is 24.5 Å². The lowest BCUT2D eigenvalue weighted by molar-refractivity contribution is -0.149. The Bertz CT molecular complexity index is 1260. The quantitative estimate of drug-likeness (QED) is 0.418. The molecule has 1 saturated heterocycles. The number of H-pyrrole nitrogens is 1. The summed E-state index contributed by atoms with van der Waals surface area (Å²) in [6.07, 6.45) is -2.10. The highest BCUT2D eigenvalue weighted by atomic mass is 19.4. The van der Waals surface area contributed by atoms with Gasteiger partial charge in [0, 0.05) is 32.3 Å². The van der Waals surface area contributed by atoms with E-state index >= 15 is 0 Å². The van der Waals surface area contributed by atoms with Crippen molar-refractivity contribution in [3.8, 4) is 11.8 Å². The number of carbonyl (C=O) groups excluding carboxylic acids is 1. The van der Waals surface area contributed by atoms with E-state index in [1.54, 1.807) is 26.3 Å². The number of fused-ring (bicyclic) bond motifs is 1. The Hall–Kier alpha value is -3.75. The fourth-order valence-corrected chi connectivity index (χ4v) is 4.20. The summed E-state index contributed by atoms with van der Waals surface area (Å²) < 4.78 is 55.2. The van der Waals surface area contributed by atoms with Crippen LogP contribution in [0, 0.1) is 0 Å². The van der Waals surface area contributed by atoms with Crippen LogP contribution >= 0.6 is 0 Å². The number of methoxy groups -OCH3 is 2. The maximum atomic E-state index is 13.0. The van der Waals surface area contributed by atoms with E-state index in [1.807, 2.05) is 10.2 Å². The number of halogens is 3. The normalized spacial score (nSPS) is 16.3. The zero-order valence-electron chi connectivity index (χ0n) is 21.4. The molecule has 1 fully saturated rings. The summed E-state index contributed by atoms with van der Waals surface area (Å²) in [5.41, 5.74) is 1.48. The molecular weight excluding hydrogens is 509 g/mol. The van der Waals surface area contributed by atoms with E-state index < -0.39 is 30.1 Å². The number of rotatable bonds is 9. The highest BCUT2D eigenvalue weighted by Crippen LogP contribution is 2.36. The first-order valence-electron chi connectivity index (χ1n) is 12.0. The van der Waals surface area contributed by atoms with E-state index in [4.69, 9.17) is 14.2 Å². The number of piperidine rings is 1. The molecule has 0 radical (unpaired) electrons. The van der Waals surface area contributed by atoms with Crippen LogP contribution in [0.15, 0.2) is 12.3 Å². The molecule has 0 aliphatic carbocycles. The van der Waals surface area contributed by atoms with Crippen molar-refractivity contribution in [2.75, 3.05) is 38.8 Å². The largest absolute Gasteiger partial charge is 0.496 e. The molecule has 38 heavy (non-hydrogen) atoms. The summed E-state index contributed by atoms with van der Waals surface area (Å²) in [5, 5.41) is 10.1. The smallest absolute Gasteiger partial charge is 0.408 e. The Balaban J connectivity index is 1.55. The van der Waals surface area contributed by atoms with Gasteiger partial charge in [0.25, 0.3) is 5.91 Å². The van der Waals surface area contributed by atoms with Gasteiger partial charge in [-0.3, -0.25) is 9.89 Å². The van der Waals surface area contributed by atoms with Crippen molar-refractivity contribution in [2.24, 2.45) is 0 Å². The van der Waals surface area contributed by atoms with Crippen molar-refractivity contribution in [1.29, 1.82) is 0 Å².